The summed E-state index contributed by atoms with van der Waals surface area (Å²) in [6.45, 7) is 0. The van der Waals surface area contributed by atoms with Gasteiger partial charge in [-0.05, 0) is 24.3 Å². The van der Waals surface area contributed by atoms with E-state index in [9.17, 15) is 8.42 Å². The highest BCUT2D eigenvalue weighted by molar-refractivity contribution is 7.90. The van der Waals surface area contributed by atoms with E-state index in [1.165, 1.54) is 24.4 Å². The van der Waals surface area contributed by atoms with Gasteiger partial charge in [0.05, 0.1) is 5.02 Å². The Labute approximate surface area is 115 Å². The third kappa shape index (κ3) is 3.15. The van der Waals surface area contributed by atoms with Crippen LogP contribution >= 0.6 is 11.6 Å². The van der Waals surface area contributed by atoms with Crippen LogP contribution in [0.1, 0.15) is 0 Å². The van der Waals surface area contributed by atoms with Crippen molar-refractivity contribution in [1.29, 1.82) is 0 Å². The number of sulfone groups is 1. The molecule has 100 valence electrons. The average molecular weight is 299 g/mol. The zero-order chi connectivity index (χ0) is 14.0. The van der Waals surface area contributed by atoms with Gasteiger partial charge < -0.3 is 10.5 Å². The summed E-state index contributed by atoms with van der Waals surface area (Å²) in [4.78, 5) is 3.90. The van der Waals surface area contributed by atoms with Gasteiger partial charge in [-0.2, -0.15) is 0 Å². The van der Waals surface area contributed by atoms with E-state index >= 15 is 0 Å². The maximum absolute atomic E-state index is 11.6. The largest absolute Gasteiger partial charge is 0.436 e. The van der Waals surface area contributed by atoms with E-state index in [1.807, 2.05) is 0 Å². The number of anilines is 1. The smallest absolute Gasteiger partial charge is 0.238 e. The van der Waals surface area contributed by atoms with E-state index in [2.05, 4.69) is 4.98 Å². The van der Waals surface area contributed by atoms with Crippen LogP contribution in [0, 0.1) is 0 Å². The SMILES string of the molecule is CS(=O)(=O)c1cccnc1Oc1cc(N)ccc1Cl. The molecule has 0 atom stereocenters. The van der Waals surface area contributed by atoms with Crippen LogP contribution in [0.25, 0.3) is 0 Å². The fourth-order valence-corrected chi connectivity index (χ4v) is 2.33. The van der Waals surface area contributed by atoms with Crippen LogP contribution in [0.3, 0.4) is 0 Å². The number of halogens is 1. The molecule has 7 heteroatoms. The van der Waals surface area contributed by atoms with E-state index in [-0.39, 0.29) is 16.5 Å². The molecule has 2 rings (SSSR count). The summed E-state index contributed by atoms with van der Waals surface area (Å²) in [6, 6.07) is 7.62. The molecule has 0 unspecified atom stereocenters. The topological polar surface area (TPSA) is 82.3 Å². The highest BCUT2D eigenvalue weighted by Crippen LogP contribution is 2.32. The quantitative estimate of drug-likeness (QED) is 0.880. The maximum atomic E-state index is 11.6. The standard InChI is InChI=1S/C12H11ClN2O3S/c1-19(16,17)11-3-2-6-15-12(11)18-10-7-8(14)4-5-9(10)13/h2-7H,14H2,1H3. The molecule has 0 spiro atoms. The Morgan fingerprint density at radius 1 is 1.32 bits per heavy atom. The van der Waals surface area contributed by atoms with Crippen molar-refractivity contribution < 1.29 is 13.2 Å². The Hall–Kier alpha value is -1.79. The number of rotatable bonds is 3. The molecule has 2 N–H and O–H groups in total. The summed E-state index contributed by atoms with van der Waals surface area (Å²) < 4.78 is 28.7. The minimum absolute atomic E-state index is 0.00603. The van der Waals surface area contributed by atoms with Crippen molar-refractivity contribution in [2.24, 2.45) is 0 Å². The summed E-state index contributed by atoms with van der Waals surface area (Å²) in [6.07, 6.45) is 2.52. The number of nitrogens with zero attached hydrogens (tertiary/aromatic N) is 1. The maximum Gasteiger partial charge on any atom is 0.238 e. The van der Waals surface area contributed by atoms with Gasteiger partial charge in [0.25, 0.3) is 0 Å². The van der Waals surface area contributed by atoms with Crippen LogP contribution in [0.5, 0.6) is 11.6 Å². The van der Waals surface area contributed by atoms with Crippen molar-refractivity contribution >= 4 is 27.1 Å². The lowest BCUT2D eigenvalue weighted by molar-refractivity contribution is 0.448. The molecule has 1 heterocycles. The summed E-state index contributed by atoms with van der Waals surface area (Å²) in [5.74, 6) is 0.225. The van der Waals surface area contributed by atoms with Gasteiger partial charge in [0, 0.05) is 24.2 Å². The first kappa shape index (κ1) is 13.6. The van der Waals surface area contributed by atoms with Crippen LogP contribution in [0.15, 0.2) is 41.4 Å². The lowest BCUT2D eigenvalue weighted by atomic mass is 10.3. The van der Waals surface area contributed by atoms with Gasteiger partial charge in [0.2, 0.25) is 5.88 Å². The second-order valence-corrected chi connectivity index (χ2v) is 6.26. The summed E-state index contributed by atoms with van der Waals surface area (Å²) >= 11 is 5.95. The highest BCUT2D eigenvalue weighted by Gasteiger charge is 2.16. The van der Waals surface area contributed by atoms with Gasteiger partial charge in [-0.15, -0.1) is 0 Å². The third-order valence-electron chi connectivity index (χ3n) is 2.30. The van der Waals surface area contributed by atoms with Gasteiger partial charge in [0.1, 0.15) is 10.6 Å². The number of ether oxygens (including phenoxy) is 1. The van der Waals surface area contributed by atoms with Crippen LogP contribution in [0.4, 0.5) is 5.69 Å². The Balaban J connectivity index is 2.47. The minimum Gasteiger partial charge on any atom is -0.436 e. The van der Waals surface area contributed by atoms with Gasteiger partial charge in [-0.25, -0.2) is 13.4 Å². The van der Waals surface area contributed by atoms with Crippen LogP contribution in [0.2, 0.25) is 5.02 Å². The Kier molecular flexibility index (Phi) is 3.64. The summed E-state index contributed by atoms with van der Waals surface area (Å²) in [5.41, 5.74) is 6.08. The second-order valence-electron chi connectivity index (χ2n) is 3.87. The molecule has 5 nitrogen and oxygen atoms in total. The van der Waals surface area contributed by atoms with Gasteiger partial charge >= 0.3 is 0 Å². The van der Waals surface area contributed by atoms with E-state index in [0.717, 1.165) is 6.26 Å². The molecule has 0 radical (unpaired) electrons. The van der Waals surface area contributed by atoms with Crippen molar-refractivity contribution in [2.45, 2.75) is 4.90 Å². The summed E-state index contributed by atoms with van der Waals surface area (Å²) in [5, 5.41) is 0.319. The van der Waals surface area contributed by atoms with E-state index in [4.69, 9.17) is 22.1 Å². The van der Waals surface area contributed by atoms with Crippen LogP contribution in [-0.2, 0) is 9.84 Å². The lowest BCUT2D eigenvalue weighted by Crippen LogP contribution is -2.02. The van der Waals surface area contributed by atoms with Crippen LogP contribution in [-0.4, -0.2) is 19.7 Å². The number of hydrogen-bond donors (Lipinski definition) is 1. The fourth-order valence-electron chi connectivity index (χ4n) is 1.44. The van der Waals surface area contributed by atoms with Gasteiger partial charge in [-0.1, -0.05) is 11.6 Å². The molecule has 0 amide bonds. The third-order valence-corrected chi connectivity index (χ3v) is 3.72. The van der Waals surface area contributed by atoms with Crippen LogP contribution < -0.4 is 10.5 Å². The molecular weight excluding hydrogens is 288 g/mol. The zero-order valence-corrected chi connectivity index (χ0v) is 11.6. The first-order valence-electron chi connectivity index (χ1n) is 5.26. The number of hydrogen-bond acceptors (Lipinski definition) is 5. The van der Waals surface area contributed by atoms with Crippen molar-refractivity contribution in [3.8, 4) is 11.6 Å². The fraction of sp³-hybridized carbons (Fsp3) is 0.0833. The number of pyridine rings is 1. The highest BCUT2D eigenvalue weighted by atomic mass is 35.5. The molecule has 2 aromatic rings. The Morgan fingerprint density at radius 3 is 2.74 bits per heavy atom. The molecule has 0 aliphatic heterocycles. The number of benzene rings is 1. The molecule has 0 saturated carbocycles. The van der Waals surface area contributed by atoms with E-state index < -0.39 is 9.84 Å². The molecule has 0 aliphatic rings. The normalized spacial score (nSPS) is 11.3. The lowest BCUT2D eigenvalue weighted by Gasteiger charge is -2.10. The van der Waals surface area contributed by atoms with Crippen molar-refractivity contribution in [3.63, 3.8) is 0 Å². The molecule has 19 heavy (non-hydrogen) atoms. The Morgan fingerprint density at radius 2 is 2.05 bits per heavy atom. The molecular formula is C12H11ClN2O3S. The minimum atomic E-state index is -3.44. The number of nitrogens with two attached hydrogens (primary N) is 1. The molecule has 0 fully saturated rings. The molecule has 0 aliphatic carbocycles. The van der Waals surface area contributed by atoms with Crippen molar-refractivity contribution in [1.82, 2.24) is 4.98 Å². The second kappa shape index (κ2) is 5.07. The predicted octanol–water partition coefficient (Wildman–Crippen LogP) is 2.51. The summed E-state index contributed by atoms with van der Waals surface area (Å²) in [7, 11) is -3.44. The molecule has 0 bridgehead atoms. The first-order valence-corrected chi connectivity index (χ1v) is 7.53. The van der Waals surface area contributed by atoms with Gasteiger partial charge in [0.15, 0.2) is 9.84 Å². The molecule has 1 aromatic heterocycles. The zero-order valence-electron chi connectivity index (χ0n) is 10.00. The van der Waals surface area contributed by atoms with E-state index in [1.54, 1.807) is 12.1 Å². The van der Waals surface area contributed by atoms with E-state index in [0.29, 0.717) is 10.7 Å². The molecule has 0 saturated heterocycles. The monoisotopic (exact) mass is 298 g/mol. The number of nitrogen functional groups attached to an aromatic ring is 1. The number of aromatic nitrogens is 1. The van der Waals surface area contributed by atoms with Crippen molar-refractivity contribution in [2.75, 3.05) is 12.0 Å². The molecule has 1 aromatic carbocycles. The van der Waals surface area contributed by atoms with Crippen molar-refractivity contribution in [3.05, 3.63) is 41.6 Å². The predicted molar refractivity (Wildman–Crippen MR) is 73.3 cm³/mol. The average Bonchev–Trinajstić information content (AvgIpc) is 2.33. The van der Waals surface area contributed by atoms with Gasteiger partial charge in [-0.3, -0.25) is 0 Å². The Bertz CT molecular complexity index is 717. The first-order chi connectivity index (χ1) is 8.88.